The molecule has 3 heterocycles. The van der Waals surface area contributed by atoms with Gasteiger partial charge in [-0.25, -0.2) is 4.79 Å². The third-order valence-corrected chi connectivity index (χ3v) is 5.78. The fourth-order valence-electron chi connectivity index (χ4n) is 3.32. The first-order valence-electron chi connectivity index (χ1n) is 9.01. The number of benzene rings is 1. The molecule has 0 saturated carbocycles. The first-order chi connectivity index (χ1) is 12.9. The molecule has 0 spiro atoms. The summed E-state index contributed by atoms with van der Waals surface area (Å²) >= 11 is 1.51. The molecule has 1 aromatic carbocycles. The van der Waals surface area contributed by atoms with Crippen LogP contribution in [0, 0.1) is 5.92 Å². The van der Waals surface area contributed by atoms with Gasteiger partial charge >= 0.3 is 5.69 Å². The van der Waals surface area contributed by atoms with E-state index in [0.717, 1.165) is 26.3 Å². The second-order valence-corrected chi connectivity index (χ2v) is 8.37. The van der Waals surface area contributed by atoms with Crippen molar-refractivity contribution in [1.29, 1.82) is 0 Å². The van der Waals surface area contributed by atoms with Crippen molar-refractivity contribution in [1.82, 2.24) is 14.1 Å². The van der Waals surface area contributed by atoms with Gasteiger partial charge in [0.05, 0.1) is 10.9 Å². The molecule has 0 bridgehead atoms. The number of aromatic nitrogens is 3. The van der Waals surface area contributed by atoms with Crippen LogP contribution in [0.2, 0.25) is 0 Å². The number of hydrogen-bond acceptors (Lipinski definition) is 4. The molecule has 0 aliphatic carbocycles. The van der Waals surface area contributed by atoms with E-state index in [1.54, 1.807) is 11.6 Å². The van der Waals surface area contributed by atoms with Crippen LogP contribution in [0.15, 0.2) is 52.1 Å². The van der Waals surface area contributed by atoms with Crippen molar-refractivity contribution in [2.75, 3.05) is 0 Å². The molecule has 0 unspecified atom stereocenters. The van der Waals surface area contributed by atoms with E-state index in [1.165, 1.54) is 15.9 Å². The van der Waals surface area contributed by atoms with Crippen molar-refractivity contribution in [2.24, 2.45) is 13.0 Å². The van der Waals surface area contributed by atoms with Gasteiger partial charge in [-0.3, -0.25) is 18.9 Å². The van der Waals surface area contributed by atoms with Gasteiger partial charge in [-0.05, 0) is 24.1 Å². The Kier molecular flexibility index (Phi) is 4.44. The summed E-state index contributed by atoms with van der Waals surface area (Å²) in [4.78, 5) is 31.7. The molecule has 0 atom stereocenters. The fraction of sp³-hybridized carbons (Fsp3) is 0.286. The fourth-order valence-corrected chi connectivity index (χ4v) is 4.48. The van der Waals surface area contributed by atoms with Crippen LogP contribution >= 0.6 is 11.3 Å². The standard InChI is InChI=1S/C21H21N3O2S/c1-13(2)12-24-20-17(19(25)23(3)21(24)26)11-16(27-20)10-15-9-8-14-6-4-5-7-18(14)22-15/h4-9,11,13H,10,12H2,1-3H3. The smallest absolute Gasteiger partial charge is 0.284 e. The number of fused-ring (bicyclic) bond motifs is 2. The minimum absolute atomic E-state index is 0.232. The molecule has 0 N–H and O–H groups in total. The molecule has 6 heteroatoms. The van der Waals surface area contributed by atoms with E-state index in [1.807, 2.05) is 36.4 Å². The van der Waals surface area contributed by atoms with Crippen LogP contribution in [0.5, 0.6) is 0 Å². The highest BCUT2D eigenvalue weighted by Gasteiger charge is 2.16. The average Bonchev–Trinajstić information content (AvgIpc) is 3.07. The molecular formula is C21H21N3O2S. The number of rotatable bonds is 4. The first kappa shape index (κ1) is 17.7. The predicted molar refractivity (Wildman–Crippen MR) is 111 cm³/mol. The lowest BCUT2D eigenvalue weighted by Gasteiger charge is -2.11. The van der Waals surface area contributed by atoms with E-state index in [4.69, 9.17) is 4.98 Å². The molecule has 0 radical (unpaired) electrons. The van der Waals surface area contributed by atoms with Crippen LogP contribution in [0.4, 0.5) is 0 Å². The SMILES string of the molecule is CC(C)Cn1c(=O)n(C)c(=O)c2cc(Cc3ccc4ccccc4n3)sc21. The Balaban J connectivity index is 1.81. The average molecular weight is 379 g/mol. The number of nitrogens with zero attached hydrogens (tertiary/aromatic N) is 3. The largest absolute Gasteiger partial charge is 0.331 e. The lowest BCUT2D eigenvalue weighted by Crippen LogP contribution is -2.38. The number of hydrogen-bond donors (Lipinski definition) is 0. The van der Waals surface area contributed by atoms with Gasteiger partial charge in [-0.1, -0.05) is 38.1 Å². The second-order valence-electron chi connectivity index (χ2n) is 7.25. The predicted octanol–water partition coefficient (Wildman–Crippen LogP) is 3.56. The summed E-state index contributed by atoms with van der Waals surface area (Å²) in [6.45, 7) is 4.73. The van der Waals surface area contributed by atoms with Crippen LogP contribution in [-0.4, -0.2) is 14.1 Å². The zero-order valence-electron chi connectivity index (χ0n) is 15.6. The Bertz CT molecular complexity index is 1260. The van der Waals surface area contributed by atoms with Crippen molar-refractivity contribution in [2.45, 2.75) is 26.8 Å². The van der Waals surface area contributed by atoms with Gasteiger partial charge in [0.1, 0.15) is 4.83 Å². The lowest BCUT2D eigenvalue weighted by atomic mass is 10.1. The first-order valence-corrected chi connectivity index (χ1v) is 9.82. The molecule has 3 aromatic heterocycles. The van der Waals surface area contributed by atoms with Crippen LogP contribution in [-0.2, 0) is 20.0 Å². The second kappa shape index (κ2) is 6.78. The van der Waals surface area contributed by atoms with Gasteiger partial charge in [-0.2, -0.15) is 0 Å². The van der Waals surface area contributed by atoms with Gasteiger partial charge < -0.3 is 0 Å². The third-order valence-electron chi connectivity index (χ3n) is 4.62. The van der Waals surface area contributed by atoms with Gasteiger partial charge in [0.25, 0.3) is 5.56 Å². The Morgan fingerprint density at radius 2 is 1.89 bits per heavy atom. The van der Waals surface area contributed by atoms with E-state index in [-0.39, 0.29) is 11.2 Å². The zero-order valence-corrected chi connectivity index (χ0v) is 16.4. The van der Waals surface area contributed by atoms with Crippen molar-refractivity contribution >= 4 is 32.5 Å². The molecule has 0 aliphatic heterocycles. The monoisotopic (exact) mass is 379 g/mol. The van der Waals surface area contributed by atoms with E-state index >= 15 is 0 Å². The number of pyridine rings is 1. The van der Waals surface area contributed by atoms with Crippen molar-refractivity contribution < 1.29 is 0 Å². The molecule has 0 saturated heterocycles. The summed E-state index contributed by atoms with van der Waals surface area (Å²) in [5.74, 6) is 0.316. The topological polar surface area (TPSA) is 56.9 Å². The van der Waals surface area contributed by atoms with E-state index in [2.05, 4.69) is 19.9 Å². The quantitative estimate of drug-likeness (QED) is 0.545. The molecule has 5 nitrogen and oxygen atoms in total. The summed E-state index contributed by atoms with van der Waals surface area (Å²) in [5.41, 5.74) is 1.43. The molecule has 4 aromatic rings. The molecule has 4 rings (SSSR count). The highest BCUT2D eigenvalue weighted by Crippen LogP contribution is 2.25. The van der Waals surface area contributed by atoms with E-state index < -0.39 is 0 Å². The van der Waals surface area contributed by atoms with E-state index in [9.17, 15) is 9.59 Å². The Hall–Kier alpha value is -2.73. The van der Waals surface area contributed by atoms with E-state index in [0.29, 0.717) is 24.3 Å². The lowest BCUT2D eigenvalue weighted by molar-refractivity contribution is 0.504. The molecule has 0 fully saturated rings. The van der Waals surface area contributed by atoms with Gasteiger partial charge in [-0.15, -0.1) is 11.3 Å². The normalized spacial score (nSPS) is 11.7. The van der Waals surface area contributed by atoms with Gasteiger partial charge in [0, 0.05) is 36.0 Å². The zero-order chi connectivity index (χ0) is 19.1. The van der Waals surface area contributed by atoms with Crippen LogP contribution in [0.25, 0.3) is 21.1 Å². The minimum Gasteiger partial charge on any atom is -0.284 e. The van der Waals surface area contributed by atoms with Crippen molar-refractivity contribution in [3.63, 3.8) is 0 Å². The molecular weight excluding hydrogens is 358 g/mol. The number of para-hydroxylation sites is 1. The Morgan fingerprint density at radius 1 is 1.11 bits per heavy atom. The summed E-state index contributed by atoms with van der Waals surface area (Å²) < 4.78 is 2.93. The maximum absolute atomic E-state index is 12.6. The Morgan fingerprint density at radius 3 is 2.67 bits per heavy atom. The van der Waals surface area contributed by atoms with Crippen molar-refractivity contribution in [3.05, 3.63) is 73.9 Å². The minimum atomic E-state index is -0.251. The summed E-state index contributed by atoms with van der Waals surface area (Å²) in [6, 6.07) is 14.0. The number of thiophene rings is 1. The Labute approximate surface area is 160 Å². The maximum Gasteiger partial charge on any atom is 0.331 e. The third kappa shape index (κ3) is 3.21. The molecule has 27 heavy (non-hydrogen) atoms. The van der Waals surface area contributed by atoms with Gasteiger partial charge in [0.15, 0.2) is 0 Å². The summed E-state index contributed by atoms with van der Waals surface area (Å²) in [7, 11) is 1.54. The summed E-state index contributed by atoms with van der Waals surface area (Å²) in [5, 5.41) is 1.72. The molecule has 0 aliphatic rings. The van der Waals surface area contributed by atoms with Crippen LogP contribution < -0.4 is 11.2 Å². The van der Waals surface area contributed by atoms with Crippen LogP contribution in [0.1, 0.15) is 24.4 Å². The highest BCUT2D eigenvalue weighted by molar-refractivity contribution is 7.18. The summed E-state index contributed by atoms with van der Waals surface area (Å²) in [6.07, 6.45) is 0.642. The van der Waals surface area contributed by atoms with Gasteiger partial charge in [0.2, 0.25) is 0 Å². The van der Waals surface area contributed by atoms with Crippen LogP contribution in [0.3, 0.4) is 0 Å². The molecule has 138 valence electrons. The molecule has 0 amide bonds. The highest BCUT2D eigenvalue weighted by atomic mass is 32.1. The maximum atomic E-state index is 12.6. The van der Waals surface area contributed by atoms with Crippen molar-refractivity contribution in [3.8, 4) is 0 Å².